The molecule has 2 N–H and O–H groups in total. The Balaban J connectivity index is 1.64. The second kappa shape index (κ2) is 7.93. The third-order valence-electron chi connectivity index (χ3n) is 13.2. The normalized spacial score (nSPS) is 52.9. The molecule has 5 unspecified atom stereocenters. The van der Waals surface area contributed by atoms with Crippen LogP contribution >= 0.6 is 0 Å². The first-order chi connectivity index (χ1) is 16.4. The molecule has 35 heavy (non-hydrogen) atoms. The van der Waals surface area contributed by atoms with Gasteiger partial charge in [-0.15, -0.1) is 0 Å². The maximum atomic E-state index is 13.4. The van der Waals surface area contributed by atoms with Gasteiger partial charge in [-0.2, -0.15) is 0 Å². The molecular weight excluding hydrogens is 436 g/mol. The van der Waals surface area contributed by atoms with Crippen LogP contribution in [0.2, 0.25) is 0 Å². The molecule has 0 aliphatic heterocycles. The van der Waals surface area contributed by atoms with Crippen LogP contribution in [0.15, 0.2) is 23.3 Å². The van der Waals surface area contributed by atoms with E-state index in [1.165, 1.54) is 5.57 Å². The first-order valence-corrected chi connectivity index (χ1v) is 14.1. The molecule has 0 aromatic rings. The predicted octanol–water partition coefficient (Wildman–Crippen LogP) is 5.93. The highest BCUT2D eigenvalue weighted by atomic mass is 16.5. The first-order valence-electron chi connectivity index (χ1n) is 14.1. The lowest BCUT2D eigenvalue weighted by atomic mass is 9.35. The summed E-state index contributed by atoms with van der Waals surface area (Å²) in [7, 11) is 1.57. The lowest BCUT2D eigenvalue weighted by Crippen LogP contribution is -2.63. The van der Waals surface area contributed by atoms with Gasteiger partial charge in [0.05, 0.1) is 25.7 Å². The third kappa shape index (κ3) is 2.90. The molecule has 196 valence electrons. The van der Waals surface area contributed by atoms with Crippen LogP contribution in [0, 0.1) is 56.7 Å². The van der Waals surface area contributed by atoms with Crippen molar-refractivity contribution in [2.75, 3.05) is 20.3 Å². The van der Waals surface area contributed by atoms with E-state index >= 15 is 0 Å². The Morgan fingerprint density at radius 2 is 1.74 bits per heavy atom. The lowest BCUT2D eigenvalue weighted by molar-refractivity contribution is -0.177. The van der Waals surface area contributed by atoms with Crippen molar-refractivity contribution >= 4 is 5.97 Å². The van der Waals surface area contributed by atoms with Crippen molar-refractivity contribution in [3.63, 3.8) is 0 Å². The Kier molecular flexibility index (Phi) is 5.78. The zero-order valence-electron chi connectivity index (χ0n) is 23.1. The van der Waals surface area contributed by atoms with Crippen LogP contribution in [0.4, 0.5) is 0 Å². The molecule has 0 bridgehead atoms. The molecule has 10 atom stereocenters. The van der Waals surface area contributed by atoms with Gasteiger partial charge in [0.1, 0.15) is 0 Å². The van der Waals surface area contributed by atoms with Gasteiger partial charge in [-0.3, -0.25) is 4.79 Å². The summed E-state index contributed by atoms with van der Waals surface area (Å²) in [5, 5.41) is 20.9. The SMILES string of the molecule is COC(=O)C12CC[C@@H](C)[C@H](C)C1C1=CCC3[C@@]4(C)C(CO)=CC(C)(CO)C4CC[C@@]3(C)[C@]1(C)CC2. The minimum atomic E-state index is -0.380. The summed E-state index contributed by atoms with van der Waals surface area (Å²) < 4.78 is 5.49. The molecule has 0 amide bonds. The number of rotatable bonds is 3. The summed E-state index contributed by atoms with van der Waals surface area (Å²) in [6, 6.07) is 0. The summed E-state index contributed by atoms with van der Waals surface area (Å²) in [5.74, 6) is 2.08. The number of ether oxygens (including phenoxy) is 1. The van der Waals surface area contributed by atoms with E-state index in [-0.39, 0.29) is 52.2 Å². The zero-order valence-corrected chi connectivity index (χ0v) is 23.1. The second-order valence-electron chi connectivity index (χ2n) is 14.1. The van der Waals surface area contributed by atoms with Gasteiger partial charge < -0.3 is 14.9 Å². The number of methoxy groups -OCH3 is 1. The molecule has 5 rings (SSSR count). The number of hydrogen-bond donors (Lipinski definition) is 2. The van der Waals surface area contributed by atoms with Gasteiger partial charge >= 0.3 is 5.97 Å². The van der Waals surface area contributed by atoms with Crippen LogP contribution in [0.5, 0.6) is 0 Å². The summed E-state index contributed by atoms with van der Waals surface area (Å²) in [5.41, 5.74) is 2.01. The number of aliphatic hydroxyl groups excluding tert-OH is 2. The van der Waals surface area contributed by atoms with E-state index in [1.54, 1.807) is 7.11 Å². The molecule has 0 aromatic carbocycles. The van der Waals surface area contributed by atoms with Crippen molar-refractivity contribution in [3.05, 3.63) is 23.3 Å². The van der Waals surface area contributed by atoms with Crippen molar-refractivity contribution in [2.24, 2.45) is 56.7 Å². The van der Waals surface area contributed by atoms with Gasteiger partial charge in [0, 0.05) is 5.41 Å². The Labute approximate surface area is 212 Å². The maximum Gasteiger partial charge on any atom is 0.312 e. The number of hydrogen-bond acceptors (Lipinski definition) is 4. The van der Waals surface area contributed by atoms with Crippen LogP contribution in [-0.4, -0.2) is 36.5 Å². The number of carbonyl (C=O) groups is 1. The van der Waals surface area contributed by atoms with Crippen molar-refractivity contribution in [3.8, 4) is 0 Å². The van der Waals surface area contributed by atoms with Gasteiger partial charge in [-0.25, -0.2) is 0 Å². The Morgan fingerprint density at radius 3 is 2.37 bits per heavy atom. The number of fused-ring (bicyclic) bond motifs is 7. The Bertz CT molecular complexity index is 967. The monoisotopic (exact) mass is 484 g/mol. The molecule has 0 saturated heterocycles. The highest BCUT2D eigenvalue weighted by molar-refractivity contribution is 5.78. The molecule has 5 aliphatic rings. The summed E-state index contributed by atoms with van der Waals surface area (Å²) >= 11 is 0. The van der Waals surface area contributed by atoms with Crippen molar-refractivity contribution < 1.29 is 19.7 Å². The molecular formula is C31H48O4. The van der Waals surface area contributed by atoms with E-state index in [2.05, 4.69) is 53.7 Å². The van der Waals surface area contributed by atoms with E-state index in [4.69, 9.17) is 4.74 Å². The minimum Gasteiger partial charge on any atom is -0.469 e. The number of allylic oxidation sites excluding steroid dienone is 2. The molecule has 3 fully saturated rings. The topological polar surface area (TPSA) is 66.8 Å². The van der Waals surface area contributed by atoms with E-state index in [1.807, 2.05) is 0 Å². The van der Waals surface area contributed by atoms with Gasteiger partial charge in [0.25, 0.3) is 0 Å². The smallest absolute Gasteiger partial charge is 0.312 e. The second-order valence-corrected chi connectivity index (χ2v) is 14.1. The largest absolute Gasteiger partial charge is 0.469 e. The van der Waals surface area contributed by atoms with Crippen LogP contribution < -0.4 is 0 Å². The predicted molar refractivity (Wildman–Crippen MR) is 138 cm³/mol. The average molecular weight is 485 g/mol. The molecule has 4 nitrogen and oxygen atoms in total. The summed E-state index contributed by atoms with van der Waals surface area (Å²) in [4.78, 5) is 13.4. The van der Waals surface area contributed by atoms with Crippen molar-refractivity contribution in [1.29, 1.82) is 0 Å². The first kappa shape index (κ1) is 25.5. The van der Waals surface area contributed by atoms with E-state index in [0.29, 0.717) is 23.7 Å². The van der Waals surface area contributed by atoms with Gasteiger partial charge in [0.15, 0.2) is 0 Å². The van der Waals surface area contributed by atoms with E-state index < -0.39 is 0 Å². The standard InChI is InChI=1S/C31H48O4/c1-19-10-13-31(26(34)35-7)15-14-28(4)22(25(31)20(19)2)8-9-24-29(28,5)12-11-23-27(3,18-33)16-21(17-32)30(23,24)6/h8,16,19-20,23-25,32-33H,9-15,17-18H2,1-7H3/t19-,20+,23?,24?,25?,27?,28-,29-,30+,31?/m1/s1. The maximum absolute atomic E-state index is 13.4. The lowest BCUT2D eigenvalue weighted by Gasteiger charge is -2.69. The molecule has 3 saturated carbocycles. The Hall–Kier alpha value is -1.13. The summed E-state index contributed by atoms with van der Waals surface area (Å²) in [6.07, 6.45) is 11.9. The molecule has 0 spiro atoms. The molecule has 5 aliphatic carbocycles. The fourth-order valence-electron chi connectivity index (χ4n) is 10.8. The molecule has 0 aromatic heterocycles. The van der Waals surface area contributed by atoms with Crippen molar-refractivity contribution in [1.82, 2.24) is 0 Å². The fourth-order valence-corrected chi connectivity index (χ4v) is 10.8. The van der Waals surface area contributed by atoms with E-state index in [9.17, 15) is 15.0 Å². The zero-order chi connectivity index (χ0) is 25.6. The Morgan fingerprint density at radius 1 is 1.03 bits per heavy atom. The molecule has 0 radical (unpaired) electrons. The fraction of sp³-hybridized carbons (Fsp3) is 0.839. The highest BCUT2D eigenvalue weighted by Gasteiger charge is 2.70. The van der Waals surface area contributed by atoms with Crippen LogP contribution in [-0.2, 0) is 9.53 Å². The summed E-state index contributed by atoms with van der Waals surface area (Å²) in [6.45, 7) is 14.6. The number of esters is 1. The van der Waals surface area contributed by atoms with Gasteiger partial charge in [-0.05, 0) is 96.4 Å². The van der Waals surface area contributed by atoms with Gasteiger partial charge in [-0.1, -0.05) is 59.3 Å². The van der Waals surface area contributed by atoms with Gasteiger partial charge in [0.2, 0.25) is 0 Å². The third-order valence-corrected chi connectivity index (χ3v) is 13.2. The highest BCUT2D eigenvalue weighted by Crippen LogP contribution is 2.76. The number of aliphatic hydroxyl groups is 2. The van der Waals surface area contributed by atoms with Crippen LogP contribution in [0.1, 0.15) is 86.5 Å². The number of carbonyl (C=O) groups excluding carboxylic acids is 1. The molecule has 0 heterocycles. The van der Waals surface area contributed by atoms with Crippen LogP contribution in [0.25, 0.3) is 0 Å². The quantitative estimate of drug-likeness (QED) is 0.385. The van der Waals surface area contributed by atoms with Crippen LogP contribution in [0.3, 0.4) is 0 Å². The van der Waals surface area contributed by atoms with Crippen molar-refractivity contribution in [2.45, 2.75) is 86.5 Å². The average Bonchev–Trinajstić information content (AvgIpc) is 3.08. The molecule has 4 heteroatoms. The minimum absolute atomic E-state index is 0.00662. The van der Waals surface area contributed by atoms with E-state index in [0.717, 1.165) is 50.5 Å².